The second-order valence-electron chi connectivity index (χ2n) is 4.51. The van der Waals surface area contributed by atoms with Crippen molar-refractivity contribution in [3.05, 3.63) is 39.1 Å². The topological polar surface area (TPSA) is 42.7 Å². The highest BCUT2D eigenvalue weighted by molar-refractivity contribution is 6.43. The minimum absolute atomic E-state index is 0.424. The van der Waals surface area contributed by atoms with Crippen molar-refractivity contribution < 1.29 is 0 Å². The van der Waals surface area contributed by atoms with Crippen LogP contribution >= 0.6 is 34.8 Å². The van der Waals surface area contributed by atoms with Gasteiger partial charge < -0.3 is 5.32 Å². The first kappa shape index (κ1) is 13.2. The number of aromatic nitrogens is 3. The van der Waals surface area contributed by atoms with Gasteiger partial charge in [0.15, 0.2) is 0 Å². The van der Waals surface area contributed by atoms with E-state index in [9.17, 15) is 0 Å². The molecule has 0 unspecified atom stereocenters. The molecular formula is C12H11Cl3N4. The zero-order valence-electron chi connectivity index (χ0n) is 9.91. The fraction of sp³-hybridized carbons (Fsp3) is 0.333. The molecule has 1 N–H and O–H groups in total. The summed E-state index contributed by atoms with van der Waals surface area (Å²) < 4.78 is 1.68. The summed E-state index contributed by atoms with van der Waals surface area (Å²) in [6.07, 6.45) is 4.18. The Morgan fingerprint density at radius 1 is 1.16 bits per heavy atom. The Morgan fingerprint density at radius 2 is 1.89 bits per heavy atom. The Kier molecular flexibility index (Phi) is 3.67. The summed E-state index contributed by atoms with van der Waals surface area (Å²) in [5.74, 6) is 0. The van der Waals surface area contributed by atoms with E-state index in [0.29, 0.717) is 33.3 Å². The van der Waals surface area contributed by atoms with Crippen molar-refractivity contribution in [2.24, 2.45) is 0 Å². The highest BCUT2D eigenvalue weighted by atomic mass is 35.5. The fourth-order valence-electron chi connectivity index (χ4n) is 1.79. The van der Waals surface area contributed by atoms with Crippen LogP contribution in [0.25, 0.3) is 5.69 Å². The van der Waals surface area contributed by atoms with Crippen LogP contribution in [-0.4, -0.2) is 21.0 Å². The van der Waals surface area contributed by atoms with Gasteiger partial charge in [-0.2, -0.15) is 0 Å². The molecule has 0 amide bonds. The quantitative estimate of drug-likeness (QED) is 0.878. The van der Waals surface area contributed by atoms with E-state index < -0.39 is 0 Å². The predicted molar refractivity (Wildman–Crippen MR) is 76.3 cm³/mol. The third kappa shape index (κ3) is 2.87. The lowest BCUT2D eigenvalue weighted by Gasteiger charge is -2.10. The van der Waals surface area contributed by atoms with Crippen LogP contribution in [0.15, 0.2) is 18.3 Å². The summed E-state index contributed by atoms with van der Waals surface area (Å²) in [7, 11) is 0. The zero-order valence-corrected chi connectivity index (χ0v) is 12.2. The van der Waals surface area contributed by atoms with E-state index in [-0.39, 0.29) is 0 Å². The molecular weight excluding hydrogens is 307 g/mol. The van der Waals surface area contributed by atoms with Crippen LogP contribution in [0.5, 0.6) is 0 Å². The minimum Gasteiger partial charge on any atom is -0.308 e. The molecule has 1 aromatic carbocycles. The molecule has 0 spiro atoms. The average molecular weight is 318 g/mol. The van der Waals surface area contributed by atoms with E-state index >= 15 is 0 Å². The lowest BCUT2D eigenvalue weighted by atomic mass is 10.3. The van der Waals surface area contributed by atoms with Crippen LogP contribution < -0.4 is 5.32 Å². The predicted octanol–water partition coefficient (Wildman–Crippen LogP) is 3.48. The van der Waals surface area contributed by atoms with E-state index in [1.807, 2.05) is 0 Å². The maximum atomic E-state index is 6.19. The molecule has 1 heterocycles. The van der Waals surface area contributed by atoms with Crippen LogP contribution in [0.1, 0.15) is 18.5 Å². The van der Waals surface area contributed by atoms with Gasteiger partial charge in [-0.25, -0.2) is 4.68 Å². The van der Waals surface area contributed by atoms with Crippen molar-refractivity contribution in [1.29, 1.82) is 0 Å². The molecule has 0 bridgehead atoms. The third-order valence-corrected chi connectivity index (χ3v) is 4.01. The normalized spacial score (nSPS) is 14.9. The summed E-state index contributed by atoms with van der Waals surface area (Å²) >= 11 is 18.1. The number of rotatable bonds is 4. The summed E-state index contributed by atoms with van der Waals surface area (Å²) in [4.78, 5) is 0. The van der Waals surface area contributed by atoms with Crippen molar-refractivity contribution in [3.8, 4) is 5.69 Å². The molecule has 1 saturated carbocycles. The first-order chi connectivity index (χ1) is 9.15. The fourth-order valence-corrected chi connectivity index (χ4v) is 2.41. The molecule has 7 heteroatoms. The van der Waals surface area contributed by atoms with Gasteiger partial charge in [-0.05, 0) is 25.0 Å². The summed E-state index contributed by atoms with van der Waals surface area (Å²) in [6, 6.07) is 3.93. The highest BCUT2D eigenvalue weighted by Gasteiger charge is 2.21. The Hall–Kier alpha value is -0.810. The van der Waals surface area contributed by atoms with E-state index in [0.717, 1.165) is 5.69 Å². The standard InChI is InChI=1S/C12H11Cl3N4/c13-9-3-11(15)12(4-10(9)14)19-8(6-17-18-19)5-16-7-1-2-7/h3-4,6-7,16H,1-2,5H2. The van der Waals surface area contributed by atoms with Gasteiger partial charge in [-0.3, -0.25) is 0 Å². The third-order valence-electron chi connectivity index (χ3n) is 2.99. The van der Waals surface area contributed by atoms with Crippen LogP contribution in [-0.2, 0) is 6.54 Å². The monoisotopic (exact) mass is 316 g/mol. The van der Waals surface area contributed by atoms with Gasteiger partial charge in [0.05, 0.1) is 32.6 Å². The molecule has 100 valence electrons. The van der Waals surface area contributed by atoms with Crippen molar-refractivity contribution in [1.82, 2.24) is 20.3 Å². The zero-order chi connectivity index (χ0) is 13.4. The summed E-state index contributed by atoms with van der Waals surface area (Å²) in [6.45, 7) is 0.703. The Balaban J connectivity index is 1.92. The molecule has 2 aromatic rings. The molecule has 1 aromatic heterocycles. The van der Waals surface area contributed by atoms with Gasteiger partial charge in [-0.15, -0.1) is 5.10 Å². The molecule has 1 fully saturated rings. The number of hydrogen-bond acceptors (Lipinski definition) is 3. The Bertz CT molecular complexity index is 607. The largest absolute Gasteiger partial charge is 0.308 e. The van der Waals surface area contributed by atoms with E-state index in [4.69, 9.17) is 34.8 Å². The molecule has 19 heavy (non-hydrogen) atoms. The summed E-state index contributed by atoms with van der Waals surface area (Å²) in [5.41, 5.74) is 1.62. The number of hydrogen-bond donors (Lipinski definition) is 1. The number of halogens is 3. The maximum absolute atomic E-state index is 6.19. The van der Waals surface area contributed by atoms with E-state index in [1.165, 1.54) is 12.8 Å². The molecule has 3 rings (SSSR count). The van der Waals surface area contributed by atoms with E-state index in [1.54, 1.807) is 23.0 Å². The molecule has 1 aliphatic carbocycles. The Labute approximate surface area is 125 Å². The van der Waals surface area contributed by atoms with Crippen LogP contribution in [0.2, 0.25) is 15.1 Å². The maximum Gasteiger partial charge on any atom is 0.0869 e. The van der Waals surface area contributed by atoms with Crippen molar-refractivity contribution >= 4 is 34.8 Å². The lowest BCUT2D eigenvalue weighted by molar-refractivity contribution is 0.647. The molecule has 0 radical (unpaired) electrons. The van der Waals surface area contributed by atoms with Gasteiger partial charge in [0, 0.05) is 12.6 Å². The second-order valence-corrected chi connectivity index (χ2v) is 5.73. The van der Waals surface area contributed by atoms with Crippen LogP contribution in [0.4, 0.5) is 0 Å². The number of nitrogens with one attached hydrogen (secondary N) is 1. The number of nitrogens with zero attached hydrogens (tertiary/aromatic N) is 3. The van der Waals surface area contributed by atoms with Gasteiger partial charge in [0.2, 0.25) is 0 Å². The summed E-state index contributed by atoms with van der Waals surface area (Å²) in [5, 5.41) is 12.8. The van der Waals surface area contributed by atoms with Crippen LogP contribution in [0.3, 0.4) is 0 Å². The molecule has 0 atom stereocenters. The SMILES string of the molecule is Clc1cc(Cl)c(-n2nncc2CNC2CC2)cc1Cl. The van der Waals surface area contributed by atoms with E-state index in [2.05, 4.69) is 15.6 Å². The lowest BCUT2D eigenvalue weighted by Crippen LogP contribution is -2.18. The molecule has 0 saturated heterocycles. The van der Waals surface area contributed by atoms with Gasteiger partial charge in [0.1, 0.15) is 0 Å². The first-order valence-electron chi connectivity index (χ1n) is 5.93. The molecule has 0 aliphatic heterocycles. The number of benzene rings is 1. The highest BCUT2D eigenvalue weighted by Crippen LogP contribution is 2.31. The van der Waals surface area contributed by atoms with Crippen molar-refractivity contribution in [3.63, 3.8) is 0 Å². The van der Waals surface area contributed by atoms with Crippen molar-refractivity contribution in [2.45, 2.75) is 25.4 Å². The second kappa shape index (κ2) is 5.29. The van der Waals surface area contributed by atoms with Gasteiger partial charge in [0.25, 0.3) is 0 Å². The van der Waals surface area contributed by atoms with Gasteiger partial charge in [-0.1, -0.05) is 40.0 Å². The first-order valence-corrected chi connectivity index (χ1v) is 7.06. The molecule has 4 nitrogen and oxygen atoms in total. The average Bonchev–Trinajstić information content (AvgIpc) is 3.09. The van der Waals surface area contributed by atoms with Crippen LogP contribution in [0, 0.1) is 0 Å². The smallest absolute Gasteiger partial charge is 0.0869 e. The molecule has 1 aliphatic rings. The minimum atomic E-state index is 0.424. The Morgan fingerprint density at radius 3 is 2.63 bits per heavy atom. The van der Waals surface area contributed by atoms with Crippen molar-refractivity contribution in [2.75, 3.05) is 0 Å². The van der Waals surface area contributed by atoms with Gasteiger partial charge >= 0.3 is 0 Å².